The van der Waals surface area contributed by atoms with Gasteiger partial charge in [-0.1, -0.05) is 30.3 Å². The van der Waals surface area contributed by atoms with Crippen molar-refractivity contribution in [2.24, 2.45) is 17.6 Å². The van der Waals surface area contributed by atoms with E-state index in [0.717, 1.165) is 119 Å². The molecule has 16 nitrogen and oxygen atoms in total. The summed E-state index contributed by atoms with van der Waals surface area (Å²) in [4.78, 5) is 74.4. The first kappa shape index (κ1) is 42.7. The number of nitrogens with two attached hydrogens (primary N) is 1. The van der Waals surface area contributed by atoms with Crippen LogP contribution in [-0.4, -0.2) is 135 Å². The van der Waals surface area contributed by atoms with Gasteiger partial charge in [0, 0.05) is 83.0 Å². The minimum atomic E-state index is -0.621. The van der Waals surface area contributed by atoms with Crippen molar-refractivity contribution in [2.75, 3.05) is 70.8 Å². The Morgan fingerprint density at radius 2 is 1.49 bits per heavy atom. The summed E-state index contributed by atoms with van der Waals surface area (Å²) in [5, 5.41) is 10.9. The number of rotatable bonds is 10. The Hall–Kier alpha value is -6.26. The summed E-state index contributed by atoms with van der Waals surface area (Å²) in [5.41, 5.74) is 10.5. The second kappa shape index (κ2) is 18.3. The van der Waals surface area contributed by atoms with Crippen LogP contribution in [0.4, 0.5) is 10.6 Å². The van der Waals surface area contributed by atoms with E-state index in [-0.39, 0.29) is 30.3 Å². The smallest absolute Gasteiger partial charge is 0.320 e. The van der Waals surface area contributed by atoms with Gasteiger partial charge in [0.05, 0.1) is 6.04 Å². The van der Waals surface area contributed by atoms with Crippen molar-refractivity contribution in [3.63, 3.8) is 0 Å². The van der Waals surface area contributed by atoms with Crippen LogP contribution in [0, 0.1) is 11.8 Å². The molecular weight excluding hydrogens is 825 g/mol. The SMILES string of the molecule is NC(=O)c1c(-c2ccc(Oc3ccccc3)cc2)nn2c1NCC[C@H]2C1CCN(CC2CCN(C(=O)N3CCN(Cc4ccc5c(c4)CN(C4CCC(=O)NC4=O)C5=O)CC3)CC2)CC1. The standard InChI is InChI=1S/C49H58N10O6/c50-45(61)43-44(35-7-9-38(10-8-35)65-37-4-2-1-3-5-37)53-59-40(14-19-51-46(43)59)34-17-20-54(21-18-34)29-32-15-22-56(23-16-32)49(64)57-26-24-55(25-27-57)30-33-6-11-39-36(28-33)31-58(48(39)63)41-12-13-42(60)52-47(41)62/h1-11,28,32,34,40-41,51H,12-27,29-31H2,(H2,50,61)(H,52,60,62)/t40-,41?/m0/s1. The third kappa shape index (κ3) is 8.93. The molecule has 0 spiro atoms. The highest BCUT2D eigenvalue weighted by atomic mass is 16.5. The van der Waals surface area contributed by atoms with Gasteiger partial charge in [-0.2, -0.15) is 5.10 Å². The number of piperazine rings is 1. The number of benzene rings is 3. The Bertz CT molecular complexity index is 2430. The Morgan fingerprint density at radius 1 is 0.769 bits per heavy atom. The van der Waals surface area contributed by atoms with Gasteiger partial charge in [-0.05, 0) is 117 Å². The number of ether oxygens (including phenoxy) is 1. The maximum Gasteiger partial charge on any atom is 0.320 e. The number of carbonyl (C=O) groups is 5. The maximum absolute atomic E-state index is 13.7. The third-order valence-corrected chi connectivity index (χ3v) is 14.5. The molecule has 6 amide bonds. The van der Waals surface area contributed by atoms with E-state index in [4.69, 9.17) is 15.6 Å². The Balaban J connectivity index is 0.669. The molecule has 4 N–H and O–H groups in total. The molecule has 1 aromatic heterocycles. The summed E-state index contributed by atoms with van der Waals surface area (Å²) >= 11 is 0. The van der Waals surface area contributed by atoms with Gasteiger partial charge < -0.3 is 35.4 Å². The lowest BCUT2D eigenvalue weighted by molar-refractivity contribution is -0.136. The predicted molar refractivity (Wildman–Crippen MR) is 243 cm³/mol. The number of piperidine rings is 3. The number of urea groups is 1. The first-order valence-electron chi connectivity index (χ1n) is 23.4. The summed E-state index contributed by atoms with van der Waals surface area (Å²) in [6, 6.07) is 22.9. The number of primary amides is 1. The number of amides is 6. The first-order valence-corrected chi connectivity index (χ1v) is 23.4. The summed E-state index contributed by atoms with van der Waals surface area (Å²) in [7, 11) is 0. The molecule has 65 heavy (non-hydrogen) atoms. The van der Waals surface area contributed by atoms with Gasteiger partial charge >= 0.3 is 6.03 Å². The van der Waals surface area contributed by atoms with Crippen molar-refractivity contribution in [1.29, 1.82) is 0 Å². The highest BCUT2D eigenvalue weighted by Gasteiger charge is 2.40. The average molecular weight is 883 g/mol. The van der Waals surface area contributed by atoms with Crippen LogP contribution in [0.2, 0.25) is 0 Å². The number of aromatic nitrogens is 2. The van der Waals surface area contributed by atoms with Gasteiger partial charge in [-0.3, -0.25) is 29.4 Å². The monoisotopic (exact) mass is 882 g/mol. The van der Waals surface area contributed by atoms with Gasteiger partial charge in [0.25, 0.3) is 11.8 Å². The van der Waals surface area contributed by atoms with Crippen LogP contribution in [0.3, 0.4) is 0 Å². The Morgan fingerprint density at radius 3 is 2.22 bits per heavy atom. The first-order chi connectivity index (χ1) is 31.6. The zero-order valence-electron chi connectivity index (χ0n) is 36.8. The molecule has 16 heteroatoms. The molecule has 0 aliphatic carbocycles. The minimum absolute atomic E-state index is 0.144. The predicted octanol–water partition coefficient (Wildman–Crippen LogP) is 4.92. The van der Waals surface area contributed by atoms with Crippen LogP contribution >= 0.6 is 0 Å². The Kier molecular flexibility index (Phi) is 12.0. The highest BCUT2D eigenvalue weighted by Crippen LogP contribution is 2.41. The van der Waals surface area contributed by atoms with Crippen molar-refractivity contribution in [3.8, 4) is 22.8 Å². The van der Waals surface area contributed by atoms with Crippen LogP contribution in [0.5, 0.6) is 11.5 Å². The lowest BCUT2D eigenvalue weighted by Gasteiger charge is -2.42. The minimum Gasteiger partial charge on any atom is -0.457 e. The molecule has 4 aromatic rings. The van der Waals surface area contributed by atoms with Crippen LogP contribution in [-0.2, 0) is 22.7 Å². The summed E-state index contributed by atoms with van der Waals surface area (Å²) < 4.78 is 8.03. The van der Waals surface area contributed by atoms with E-state index in [9.17, 15) is 24.0 Å². The van der Waals surface area contributed by atoms with Gasteiger partial charge in [-0.25, -0.2) is 9.48 Å². The van der Waals surface area contributed by atoms with E-state index < -0.39 is 17.9 Å². The van der Waals surface area contributed by atoms with Gasteiger partial charge in [0.1, 0.15) is 34.6 Å². The number of hydrogen-bond acceptors (Lipinski definition) is 10. The van der Waals surface area contributed by atoms with Gasteiger partial charge in [0.2, 0.25) is 11.8 Å². The van der Waals surface area contributed by atoms with E-state index in [1.807, 2.05) is 81.2 Å². The quantitative estimate of drug-likeness (QED) is 0.185. The fraction of sp³-hybridized carbons (Fsp3) is 0.469. The molecule has 2 atom stereocenters. The molecule has 0 saturated carbocycles. The fourth-order valence-electron chi connectivity index (χ4n) is 11.0. The molecular formula is C49H58N10O6. The largest absolute Gasteiger partial charge is 0.457 e. The topological polar surface area (TPSA) is 179 Å². The molecule has 340 valence electrons. The number of imide groups is 1. The number of nitrogens with one attached hydrogen (secondary N) is 2. The summed E-state index contributed by atoms with van der Waals surface area (Å²) in [6.45, 7) is 9.46. The molecule has 1 unspecified atom stereocenters. The number of carbonyl (C=O) groups excluding carboxylic acids is 5. The summed E-state index contributed by atoms with van der Waals surface area (Å²) in [6.07, 6.45) is 5.68. The van der Waals surface area contributed by atoms with Crippen molar-refractivity contribution in [1.82, 2.24) is 39.6 Å². The molecule has 10 rings (SSSR count). The van der Waals surface area contributed by atoms with Crippen LogP contribution in [0.25, 0.3) is 11.3 Å². The second-order valence-corrected chi connectivity index (χ2v) is 18.6. The van der Waals surface area contributed by atoms with E-state index in [0.29, 0.717) is 60.5 Å². The Labute approximate surface area is 379 Å². The molecule has 6 aliphatic heterocycles. The normalized spacial score (nSPS) is 22.3. The average Bonchev–Trinajstić information content (AvgIpc) is 3.88. The maximum atomic E-state index is 13.7. The number of para-hydroxylation sites is 1. The number of nitrogens with zero attached hydrogens (tertiary/aromatic N) is 7. The van der Waals surface area contributed by atoms with E-state index in [1.54, 1.807) is 4.90 Å². The highest BCUT2D eigenvalue weighted by molar-refractivity contribution is 6.05. The number of fused-ring (bicyclic) bond motifs is 2. The zero-order valence-corrected chi connectivity index (χ0v) is 36.8. The fourth-order valence-corrected chi connectivity index (χ4v) is 11.0. The number of hydrogen-bond donors (Lipinski definition) is 3. The van der Waals surface area contributed by atoms with Crippen molar-refractivity contribution in [3.05, 3.63) is 95.1 Å². The molecule has 4 saturated heterocycles. The van der Waals surface area contributed by atoms with Crippen LogP contribution in [0.1, 0.15) is 82.8 Å². The molecule has 6 aliphatic rings. The van der Waals surface area contributed by atoms with Crippen molar-refractivity contribution in [2.45, 2.75) is 70.1 Å². The third-order valence-electron chi connectivity index (χ3n) is 14.5. The lowest BCUT2D eigenvalue weighted by atomic mass is 9.86. The number of likely N-dealkylation sites (tertiary alicyclic amines) is 2. The molecule has 3 aromatic carbocycles. The summed E-state index contributed by atoms with van der Waals surface area (Å²) in [5.74, 6) is 1.84. The van der Waals surface area contributed by atoms with E-state index in [2.05, 4.69) is 26.5 Å². The van der Waals surface area contributed by atoms with Crippen LogP contribution in [0.15, 0.2) is 72.8 Å². The molecule has 0 bridgehead atoms. The van der Waals surface area contributed by atoms with Gasteiger partial charge in [0.15, 0.2) is 0 Å². The van der Waals surface area contributed by atoms with Gasteiger partial charge in [-0.15, -0.1) is 0 Å². The van der Waals surface area contributed by atoms with Crippen LogP contribution < -0.4 is 21.1 Å². The lowest BCUT2D eigenvalue weighted by Crippen LogP contribution is -2.54. The number of anilines is 1. The second-order valence-electron chi connectivity index (χ2n) is 18.6. The molecule has 0 radical (unpaired) electrons. The van der Waals surface area contributed by atoms with E-state index in [1.165, 1.54) is 0 Å². The molecule has 7 heterocycles. The molecule has 4 fully saturated rings. The van der Waals surface area contributed by atoms with Crippen molar-refractivity contribution < 1.29 is 28.7 Å². The zero-order chi connectivity index (χ0) is 44.6. The van der Waals surface area contributed by atoms with Crippen molar-refractivity contribution >= 4 is 35.5 Å². The van der Waals surface area contributed by atoms with E-state index >= 15 is 0 Å².